The summed E-state index contributed by atoms with van der Waals surface area (Å²) in [5, 5.41) is 0.205. The van der Waals surface area contributed by atoms with E-state index < -0.39 is 0 Å². The predicted molar refractivity (Wildman–Crippen MR) is 72.3 cm³/mol. The van der Waals surface area contributed by atoms with E-state index in [0.29, 0.717) is 0 Å². The van der Waals surface area contributed by atoms with Crippen molar-refractivity contribution in [3.63, 3.8) is 0 Å². The highest BCUT2D eigenvalue weighted by molar-refractivity contribution is 6.20. The molecule has 1 aromatic rings. The van der Waals surface area contributed by atoms with Crippen LogP contribution in [0, 0.1) is 20.8 Å². The number of rotatable bonds is 4. The van der Waals surface area contributed by atoms with Gasteiger partial charge >= 0.3 is 0 Å². The van der Waals surface area contributed by atoms with Gasteiger partial charge in [0.15, 0.2) is 0 Å². The first-order chi connectivity index (χ1) is 7.40. The molecule has 0 aliphatic carbocycles. The lowest BCUT2D eigenvalue weighted by Gasteiger charge is -2.21. The standard InChI is InChI=1S/C14H22ClN/c1-10-6-11(2)14(12(3)7-10)9-16(5)8-13(4)15/h6-7,13H,8-9H2,1-5H3. The van der Waals surface area contributed by atoms with Crippen LogP contribution in [0.15, 0.2) is 12.1 Å². The average molecular weight is 240 g/mol. The van der Waals surface area contributed by atoms with E-state index in [-0.39, 0.29) is 5.38 Å². The third-order valence-corrected chi connectivity index (χ3v) is 2.97. The van der Waals surface area contributed by atoms with Crippen molar-refractivity contribution in [1.82, 2.24) is 4.90 Å². The van der Waals surface area contributed by atoms with Gasteiger partial charge in [-0.05, 0) is 51.4 Å². The third-order valence-electron chi connectivity index (χ3n) is 2.83. The first kappa shape index (κ1) is 13.5. The lowest BCUT2D eigenvalue weighted by molar-refractivity contribution is 0.328. The van der Waals surface area contributed by atoms with Gasteiger partial charge in [0.1, 0.15) is 0 Å². The van der Waals surface area contributed by atoms with Crippen molar-refractivity contribution in [2.75, 3.05) is 13.6 Å². The van der Waals surface area contributed by atoms with Gasteiger partial charge in [0.2, 0.25) is 0 Å². The molecule has 1 unspecified atom stereocenters. The highest BCUT2D eigenvalue weighted by atomic mass is 35.5. The fourth-order valence-electron chi connectivity index (χ4n) is 2.22. The molecule has 1 nitrogen and oxygen atoms in total. The van der Waals surface area contributed by atoms with Crippen LogP contribution in [-0.4, -0.2) is 23.9 Å². The summed E-state index contributed by atoms with van der Waals surface area (Å²) in [4.78, 5) is 2.28. The minimum Gasteiger partial charge on any atom is -0.301 e. The Morgan fingerprint density at radius 2 is 1.69 bits per heavy atom. The molecule has 1 aromatic carbocycles. The molecule has 0 bridgehead atoms. The van der Waals surface area contributed by atoms with Crippen LogP contribution in [-0.2, 0) is 6.54 Å². The first-order valence-electron chi connectivity index (χ1n) is 5.79. The molecule has 0 heterocycles. The Balaban J connectivity index is 2.81. The zero-order valence-electron chi connectivity index (χ0n) is 11.0. The molecular formula is C14H22ClN. The monoisotopic (exact) mass is 239 g/mol. The number of aryl methyl sites for hydroxylation is 3. The van der Waals surface area contributed by atoms with E-state index in [0.717, 1.165) is 13.1 Å². The highest BCUT2D eigenvalue weighted by Crippen LogP contribution is 2.18. The molecule has 0 radical (unpaired) electrons. The number of halogens is 1. The average Bonchev–Trinajstić information content (AvgIpc) is 2.09. The summed E-state index contributed by atoms with van der Waals surface area (Å²) >= 11 is 6.00. The quantitative estimate of drug-likeness (QED) is 0.725. The first-order valence-corrected chi connectivity index (χ1v) is 6.23. The normalized spacial score (nSPS) is 13.2. The summed E-state index contributed by atoms with van der Waals surface area (Å²) in [7, 11) is 2.12. The van der Waals surface area contributed by atoms with Gasteiger partial charge in [0.25, 0.3) is 0 Å². The van der Waals surface area contributed by atoms with Gasteiger partial charge in [-0.15, -0.1) is 11.6 Å². The van der Waals surface area contributed by atoms with Crippen molar-refractivity contribution in [1.29, 1.82) is 0 Å². The van der Waals surface area contributed by atoms with Crippen LogP contribution in [0.3, 0.4) is 0 Å². The molecule has 0 aromatic heterocycles. The van der Waals surface area contributed by atoms with E-state index in [4.69, 9.17) is 11.6 Å². The SMILES string of the molecule is Cc1cc(C)c(CN(C)CC(C)Cl)c(C)c1. The minimum atomic E-state index is 0.205. The van der Waals surface area contributed by atoms with E-state index in [9.17, 15) is 0 Å². The van der Waals surface area contributed by atoms with E-state index in [1.165, 1.54) is 22.3 Å². The Hall–Kier alpha value is -0.530. The van der Waals surface area contributed by atoms with Gasteiger partial charge in [-0.1, -0.05) is 17.7 Å². The molecule has 0 N–H and O–H groups in total. The van der Waals surface area contributed by atoms with Crippen molar-refractivity contribution in [3.8, 4) is 0 Å². The minimum absolute atomic E-state index is 0.205. The van der Waals surface area contributed by atoms with Gasteiger partial charge in [-0.25, -0.2) is 0 Å². The predicted octanol–water partition coefficient (Wildman–Crippen LogP) is 3.67. The maximum atomic E-state index is 6.00. The summed E-state index contributed by atoms with van der Waals surface area (Å²) in [6, 6.07) is 4.50. The molecule has 0 aliphatic rings. The summed E-state index contributed by atoms with van der Waals surface area (Å²) < 4.78 is 0. The zero-order valence-corrected chi connectivity index (χ0v) is 11.7. The van der Waals surface area contributed by atoms with E-state index in [1.807, 2.05) is 6.92 Å². The third kappa shape index (κ3) is 3.80. The van der Waals surface area contributed by atoms with Crippen LogP contribution < -0.4 is 0 Å². The fraction of sp³-hybridized carbons (Fsp3) is 0.571. The number of benzene rings is 1. The van der Waals surface area contributed by atoms with Crippen LogP contribution in [0.2, 0.25) is 0 Å². The Kier molecular flexibility index (Phi) is 4.82. The summed E-state index contributed by atoms with van der Waals surface area (Å²) in [6.07, 6.45) is 0. The summed E-state index contributed by atoms with van der Waals surface area (Å²) in [5.41, 5.74) is 5.54. The number of alkyl halides is 1. The molecule has 1 atom stereocenters. The molecule has 0 spiro atoms. The van der Waals surface area contributed by atoms with Crippen LogP contribution in [0.5, 0.6) is 0 Å². The van der Waals surface area contributed by atoms with Crippen molar-refractivity contribution < 1.29 is 0 Å². The molecule has 0 saturated carbocycles. The Labute approximate surface area is 104 Å². The molecule has 1 rings (SSSR count). The molecule has 90 valence electrons. The molecule has 0 aliphatic heterocycles. The zero-order chi connectivity index (χ0) is 12.3. The maximum Gasteiger partial charge on any atom is 0.0435 e. The van der Waals surface area contributed by atoms with Crippen molar-refractivity contribution >= 4 is 11.6 Å². The molecule has 0 fully saturated rings. The Morgan fingerprint density at radius 1 is 1.19 bits per heavy atom. The van der Waals surface area contributed by atoms with Gasteiger partial charge < -0.3 is 4.90 Å². The summed E-state index contributed by atoms with van der Waals surface area (Å²) in [5.74, 6) is 0. The van der Waals surface area contributed by atoms with Crippen molar-refractivity contribution in [3.05, 3.63) is 34.4 Å². The lowest BCUT2D eigenvalue weighted by Crippen LogP contribution is -2.25. The topological polar surface area (TPSA) is 3.24 Å². The van der Waals surface area contributed by atoms with Crippen LogP contribution in [0.25, 0.3) is 0 Å². The van der Waals surface area contributed by atoms with Crippen LogP contribution in [0.4, 0.5) is 0 Å². The number of hydrogen-bond acceptors (Lipinski definition) is 1. The highest BCUT2D eigenvalue weighted by Gasteiger charge is 2.08. The van der Waals surface area contributed by atoms with Gasteiger partial charge in [0, 0.05) is 18.5 Å². The molecular weight excluding hydrogens is 218 g/mol. The molecule has 16 heavy (non-hydrogen) atoms. The van der Waals surface area contributed by atoms with Crippen LogP contribution in [0.1, 0.15) is 29.2 Å². The van der Waals surface area contributed by atoms with Crippen molar-refractivity contribution in [2.45, 2.75) is 39.6 Å². The smallest absolute Gasteiger partial charge is 0.0435 e. The van der Waals surface area contributed by atoms with E-state index >= 15 is 0 Å². The molecule has 0 saturated heterocycles. The second kappa shape index (κ2) is 5.70. The fourth-order valence-corrected chi connectivity index (χ4v) is 2.46. The second-order valence-corrected chi connectivity index (χ2v) is 5.60. The van der Waals surface area contributed by atoms with E-state index in [2.05, 4.69) is 44.9 Å². The van der Waals surface area contributed by atoms with Gasteiger partial charge in [-0.3, -0.25) is 0 Å². The van der Waals surface area contributed by atoms with Gasteiger partial charge in [-0.2, -0.15) is 0 Å². The largest absolute Gasteiger partial charge is 0.301 e. The number of nitrogens with zero attached hydrogens (tertiary/aromatic N) is 1. The molecule has 0 amide bonds. The summed E-state index contributed by atoms with van der Waals surface area (Å²) in [6.45, 7) is 10.5. The maximum absolute atomic E-state index is 6.00. The van der Waals surface area contributed by atoms with Gasteiger partial charge in [0.05, 0.1) is 0 Å². The molecule has 2 heteroatoms. The lowest BCUT2D eigenvalue weighted by atomic mass is 9.99. The number of hydrogen-bond donors (Lipinski definition) is 0. The van der Waals surface area contributed by atoms with Crippen LogP contribution >= 0.6 is 11.6 Å². The second-order valence-electron chi connectivity index (χ2n) is 4.85. The van der Waals surface area contributed by atoms with E-state index in [1.54, 1.807) is 0 Å². The Morgan fingerprint density at radius 3 is 2.12 bits per heavy atom. The van der Waals surface area contributed by atoms with Crippen molar-refractivity contribution in [2.24, 2.45) is 0 Å². The Bertz CT molecular complexity index is 335.